The van der Waals surface area contributed by atoms with Crippen molar-refractivity contribution in [3.8, 4) is 0 Å². The molecule has 1 fully saturated rings. The van der Waals surface area contributed by atoms with Crippen molar-refractivity contribution in [1.82, 2.24) is 29.4 Å². The molecule has 0 unspecified atom stereocenters. The summed E-state index contributed by atoms with van der Waals surface area (Å²) in [7, 11) is 0. The zero-order chi connectivity index (χ0) is 19.3. The van der Waals surface area contributed by atoms with Crippen molar-refractivity contribution in [2.45, 2.75) is 32.9 Å². The maximum absolute atomic E-state index is 12.8. The average Bonchev–Trinajstić information content (AvgIpc) is 2.94. The molecule has 0 spiro atoms. The summed E-state index contributed by atoms with van der Waals surface area (Å²) in [6.45, 7) is 5.66. The van der Waals surface area contributed by atoms with Crippen molar-refractivity contribution in [3.05, 3.63) is 40.6 Å². The number of aromatic nitrogens is 4. The van der Waals surface area contributed by atoms with Gasteiger partial charge in [-0.3, -0.25) is 9.59 Å². The monoisotopic (exact) mass is 368 g/mol. The molecule has 2 aromatic heterocycles. The van der Waals surface area contributed by atoms with E-state index in [2.05, 4.69) is 15.4 Å². The highest BCUT2D eigenvalue weighted by atomic mass is 16.2. The lowest BCUT2D eigenvalue weighted by atomic mass is 9.99. The predicted molar refractivity (Wildman–Crippen MR) is 98.3 cm³/mol. The van der Waals surface area contributed by atoms with Crippen LogP contribution in [0.3, 0.4) is 0 Å². The summed E-state index contributed by atoms with van der Waals surface area (Å²) in [5.74, 6) is -0.0316. The molecule has 0 radical (unpaired) electrons. The largest absolute Gasteiger partial charge is 0.352 e. The van der Waals surface area contributed by atoms with Crippen LogP contribution in [-0.4, -0.2) is 54.5 Å². The fourth-order valence-corrected chi connectivity index (χ4v) is 3.51. The molecule has 9 nitrogen and oxygen atoms in total. The Morgan fingerprint density at radius 1 is 1.26 bits per heavy atom. The number of rotatable bonds is 2. The first-order valence-electron chi connectivity index (χ1n) is 8.74. The smallest absolute Gasteiger partial charge is 0.352 e. The molecule has 27 heavy (non-hydrogen) atoms. The van der Waals surface area contributed by atoms with Gasteiger partial charge in [-0.1, -0.05) is 12.1 Å². The number of amides is 2. The average molecular weight is 368 g/mol. The third-order valence-electron chi connectivity index (χ3n) is 5.03. The Morgan fingerprint density at radius 3 is 2.78 bits per heavy atom. The molecule has 1 N–H and O–H groups in total. The number of carbonyl (C=O) groups is 2. The van der Waals surface area contributed by atoms with Gasteiger partial charge in [-0.25, -0.2) is 18.9 Å². The molecule has 140 valence electrons. The number of aryl methyl sites for hydroxylation is 1. The van der Waals surface area contributed by atoms with Crippen LogP contribution in [0.5, 0.6) is 0 Å². The molecule has 0 aliphatic carbocycles. The third kappa shape index (κ3) is 2.57. The van der Waals surface area contributed by atoms with E-state index in [1.54, 1.807) is 20.8 Å². The van der Waals surface area contributed by atoms with Gasteiger partial charge in [0.1, 0.15) is 17.9 Å². The van der Waals surface area contributed by atoms with Crippen LogP contribution < -0.4 is 11.0 Å². The Kier molecular flexibility index (Phi) is 3.76. The van der Waals surface area contributed by atoms with Crippen molar-refractivity contribution in [2.75, 3.05) is 13.1 Å². The number of carbonyl (C=O) groups excluding carboxylic acids is 2. The highest BCUT2D eigenvalue weighted by Gasteiger charge is 2.40. The second-order valence-corrected chi connectivity index (χ2v) is 7.14. The molecule has 1 aliphatic heterocycles. The van der Waals surface area contributed by atoms with Gasteiger partial charge in [0.15, 0.2) is 5.65 Å². The lowest BCUT2D eigenvalue weighted by molar-refractivity contribution is -0.149. The number of hydrogen-bond acceptors (Lipinski definition) is 5. The van der Waals surface area contributed by atoms with Crippen LogP contribution in [0.1, 0.15) is 19.7 Å². The van der Waals surface area contributed by atoms with E-state index in [-0.39, 0.29) is 18.4 Å². The summed E-state index contributed by atoms with van der Waals surface area (Å²) in [5.41, 5.74) is -0.192. The van der Waals surface area contributed by atoms with E-state index < -0.39 is 11.2 Å². The normalized spacial score (nSPS) is 16.7. The fourth-order valence-electron chi connectivity index (χ4n) is 3.51. The standard InChI is InChI=1S/C18H20N6O3/c1-11-20-13-7-5-4-6-12(13)15-21-23(17(27)24(11)15)10-14(25)22-9-8-19-16(26)18(22,2)3/h4-7H,8-10H2,1-3H3,(H,19,26). The molecule has 3 aromatic rings. The van der Waals surface area contributed by atoms with Gasteiger partial charge >= 0.3 is 5.69 Å². The molecular weight excluding hydrogens is 348 g/mol. The van der Waals surface area contributed by atoms with Gasteiger partial charge < -0.3 is 10.2 Å². The summed E-state index contributed by atoms with van der Waals surface area (Å²) >= 11 is 0. The molecule has 9 heteroatoms. The number of nitrogens with zero attached hydrogens (tertiary/aromatic N) is 5. The van der Waals surface area contributed by atoms with Crippen LogP contribution in [0.25, 0.3) is 16.6 Å². The van der Waals surface area contributed by atoms with Crippen molar-refractivity contribution >= 4 is 28.4 Å². The van der Waals surface area contributed by atoms with E-state index in [1.807, 2.05) is 24.3 Å². The van der Waals surface area contributed by atoms with E-state index in [0.29, 0.717) is 24.6 Å². The molecule has 3 heterocycles. The number of nitrogens with one attached hydrogen (secondary N) is 1. The van der Waals surface area contributed by atoms with Gasteiger partial charge in [0.2, 0.25) is 11.8 Å². The van der Waals surface area contributed by atoms with Gasteiger partial charge in [-0.05, 0) is 32.9 Å². The Balaban J connectivity index is 1.77. The molecule has 4 rings (SSSR count). The quantitative estimate of drug-likeness (QED) is 0.691. The van der Waals surface area contributed by atoms with Crippen LogP contribution in [-0.2, 0) is 16.1 Å². The molecule has 0 atom stereocenters. The van der Waals surface area contributed by atoms with Crippen LogP contribution >= 0.6 is 0 Å². The topological polar surface area (TPSA) is 102 Å². The van der Waals surface area contributed by atoms with Gasteiger partial charge in [0.25, 0.3) is 0 Å². The Morgan fingerprint density at radius 2 is 2.00 bits per heavy atom. The fraction of sp³-hybridized carbons (Fsp3) is 0.389. The minimum atomic E-state index is -0.970. The van der Waals surface area contributed by atoms with Crippen LogP contribution in [0.4, 0.5) is 0 Å². The summed E-state index contributed by atoms with van der Waals surface area (Å²) in [6, 6.07) is 7.41. The van der Waals surface area contributed by atoms with Crippen LogP contribution in [0.2, 0.25) is 0 Å². The highest BCUT2D eigenvalue weighted by molar-refractivity contribution is 5.92. The maximum atomic E-state index is 12.8. The van der Waals surface area contributed by atoms with Crippen molar-refractivity contribution in [2.24, 2.45) is 0 Å². The first-order valence-corrected chi connectivity index (χ1v) is 8.74. The summed E-state index contributed by atoms with van der Waals surface area (Å²) in [6.07, 6.45) is 0. The molecule has 0 saturated carbocycles. The first-order chi connectivity index (χ1) is 12.8. The molecule has 1 aliphatic rings. The number of fused-ring (bicyclic) bond motifs is 3. The van der Waals surface area contributed by atoms with E-state index in [1.165, 1.54) is 9.30 Å². The lowest BCUT2D eigenvalue weighted by Crippen LogP contribution is -2.64. The summed E-state index contributed by atoms with van der Waals surface area (Å²) in [4.78, 5) is 43.7. The van der Waals surface area contributed by atoms with Gasteiger partial charge in [0, 0.05) is 18.5 Å². The Labute approximate surface area is 154 Å². The summed E-state index contributed by atoms with van der Waals surface area (Å²) < 4.78 is 2.55. The van der Waals surface area contributed by atoms with E-state index in [9.17, 15) is 14.4 Å². The highest BCUT2D eigenvalue weighted by Crippen LogP contribution is 2.19. The first kappa shape index (κ1) is 17.2. The second kappa shape index (κ2) is 5.90. The lowest BCUT2D eigenvalue weighted by Gasteiger charge is -2.41. The number of benzene rings is 1. The third-order valence-corrected chi connectivity index (χ3v) is 5.03. The molecule has 2 amide bonds. The Bertz CT molecular complexity index is 1140. The van der Waals surface area contributed by atoms with Gasteiger partial charge in [0.05, 0.1) is 5.52 Å². The van der Waals surface area contributed by atoms with Crippen LogP contribution in [0, 0.1) is 6.92 Å². The minimum absolute atomic E-state index is 0.213. The molecular formula is C18H20N6O3. The van der Waals surface area contributed by atoms with Crippen LogP contribution in [0.15, 0.2) is 29.1 Å². The second-order valence-electron chi connectivity index (χ2n) is 7.14. The molecule has 1 aromatic carbocycles. The van der Waals surface area contributed by atoms with Gasteiger partial charge in [-0.15, -0.1) is 5.10 Å². The number of para-hydroxylation sites is 1. The van der Waals surface area contributed by atoms with E-state index in [4.69, 9.17) is 0 Å². The zero-order valence-corrected chi connectivity index (χ0v) is 15.4. The van der Waals surface area contributed by atoms with Crippen molar-refractivity contribution in [3.63, 3.8) is 0 Å². The SMILES string of the molecule is Cc1nc2ccccc2c2nn(CC(=O)N3CCNC(=O)C3(C)C)c(=O)n12. The molecule has 1 saturated heterocycles. The maximum Gasteiger partial charge on any atom is 0.352 e. The predicted octanol–water partition coefficient (Wildman–Crippen LogP) is 0.0896. The summed E-state index contributed by atoms with van der Waals surface area (Å²) in [5, 5.41) is 7.87. The minimum Gasteiger partial charge on any atom is -0.352 e. The van der Waals surface area contributed by atoms with E-state index >= 15 is 0 Å². The number of piperazine rings is 1. The van der Waals surface area contributed by atoms with Gasteiger partial charge in [-0.2, -0.15) is 0 Å². The van der Waals surface area contributed by atoms with Crippen molar-refractivity contribution < 1.29 is 9.59 Å². The van der Waals surface area contributed by atoms with E-state index in [0.717, 1.165) is 15.6 Å². The molecule has 0 bridgehead atoms. The van der Waals surface area contributed by atoms with Crippen molar-refractivity contribution in [1.29, 1.82) is 0 Å². The number of hydrogen-bond donors (Lipinski definition) is 1. The Hall–Kier alpha value is -3.23. The zero-order valence-electron chi connectivity index (χ0n) is 15.4.